The number of carbonyl (C=O) groups excluding carboxylic acids is 1. The molecule has 90 valence electrons. The molecule has 0 spiro atoms. The lowest BCUT2D eigenvalue weighted by Gasteiger charge is -2.07. The normalized spacial score (nSPS) is 18.4. The molecule has 0 bridgehead atoms. The first-order valence-electron chi connectivity index (χ1n) is 4.77. The fourth-order valence-corrected chi connectivity index (χ4v) is 1.82. The molecule has 0 fully saturated rings. The molecule has 17 heavy (non-hydrogen) atoms. The Morgan fingerprint density at radius 3 is 3.06 bits per heavy atom. The van der Waals surface area contributed by atoms with E-state index < -0.39 is 18.0 Å². The summed E-state index contributed by atoms with van der Waals surface area (Å²) in [6.07, 6.45) is -0.877. The van der Waals surface area contributed by atoms with E-state index in [-0.39, 0.29) is 12.1 Å². The van der Waals surface area contributed by atoms with Gasteiger partial charge >= 0.3 is 5.97 Å². The number of nitrogens with one attached hydrogen (secondary N) is 1. The highest BCUT2D eigenvalue weighted by Crippen LogP contribution is 2.11. The molecular formula is C9H9N3O4S. The summed E-state index contributed by atoms with van der Waals surface area (Å²) in [6, 6.07) is 0. The van der Waals surface area contributed by atoms with Crippen molar-refractivity contribution in [3.05, 3.63) is 16.6 Å². The van der Waals surface area contributed by atoms with Gasteiger partial charge in [0, 0.05) is 11.8 Å². The summed E-state index contributed by atoms with van der Waals surface area (Å²) >= 11 is 1.43. The summed E-state index contributed by atoms with van der Waals surface area (Å²) in [7, 11) is 0. The van der Waals surface area contributed by atoms with Crippen LogP contribution in [-0.4, -0.2) is 33.8 Å². The van der Waals surface area contributed by atoms with Gasteiger partial charge in [0.05, 0.1) is 17.7 Å². The summed E-state index contributed by atoms with van der Waals surface area (Å²) in [5.74, 6) is -1.56. The Morgan fingerprint density at radius 2 is 2.47 bits per heavy atom. The molecule has 1 aliphatic heterocycles. The molecule has 0 radical (unpaired) electrons. The highest BCUT2D eigenvalue weighted by Gasteiger charge is 2.31. The van der Waals surface area contributed by atoms with Gasteiger partial charge in [-0.1, -0.05) is 5.16 Å². The van der Waals surface area contributed by atoms with E-state index in [4.69, 9.17) is 9.94 Å². The zero-order chi connectivity index (χ0) is 12.3. The van der Waals surface area contributed by atoms with Crippen molar-refractivity contribution in [2.24, 2.45) is 5.16 Å². The molecule has 1 amide bonds. The van der Waals surface area contributed by atoms with Gasteiger partial charge in [0.25, 0.3) is 5.91 Å². The van der Waals surface area contributed by atoms with Gasteiger partial charge in [0.2, 0.25) is 6.10 Å². The van der Waals surface area contributed by atoms with E-state index in [9.17, 15) is 9.59 Å². The van der Waals surface area contributed by atoms with Gasteiger partial charge in [-0.25, -0.2) is 9.78 Å². The molecule has 1 aromatic rings. The standard InChI is InChI=1S/C9H9N3O4S/c13-8(10-2-5-3-17-4-11-5)7-1-6(9(14)15)12-16-7/h3-4,7H,1-2H2,(H,10,13)(H,14,15). The topological polar surface area (TPSA) is 101 Å². The van der Waals surface area contributed by atoms with Crippen molar-refractivity contribution in [2.75, 3.05) is 0 Å². The number of amides is 1. The highest BCUT2D eigenvalue weighted by atomic mass is 32.1. The van der Waals surface area contributed by atoms with Crippen molar-refractivity contribution in [1.82, 2.24) is 10.3 Å². The van der Waals surface area contributed by atoms with Crippen molar-refractivity contribution in [1.29, 1.82) is 0 Å². The first-order chi connectivity index (χ1) is 8.16. The van der Waals surface area contributed by atoms with E-state index in [1.165, 1.54) is 11.3 Å². The van der Waals surface area contributed by atoms with Crippen LogP contribution in [0.3, 0.4) is 0 Å². The average Bonchev–Trinajstić information content (AvgIpc) is 2.96. The summed E-state index contributed by atoms with van der Waals surface area (Å²) in [4.78, 5) is 30.9. The van der Waals surface area contributed by atoms with Crippen LogP contribution in [0.2, 0.25) is 0 Å². The van der Waals surface area contributed by atoms with E-state index >= 15 is 0 Å². The summed E-state index contributed by atoms with van der Waals surface area (Å²) in [6.45, 7) is 0.296. The van der Waals surface area contributed by atoms with Gasteiger partial charge < -0.3 is 15.3 Å². The molecule has 0 saturated carbocycles. The van der Waals surface area contributed by atoms with Gasteiger partial charge in [-0.3, -0.25) is 4.79 Å². The van der Waals surface area contributed by atoms with E-state index in [1.54, 1.807) is 5.51 Å². The second-order valence-corrected chi connectivity index (χ2v) is 4.06. The number of carboxylic acids is 1. The maximum Gasteiger partial charge on any atom is 0.353 e. The third kappa shape index (κ3) is 2.78. The van der Waals surface area contributed by atoms with Gasteiger partial charge in [-0.2, -0.15) is 0 Å². The predicted molar refractivity (Wildman–Crippen MR) is 58.5 cm³/mol. The Bertz CT molecular complexity index is 457. The highest BCUT2D eigenvalue weighted by molar-refractivity contribution is 7.07. The third-order valence-corrected chi connectivity index (χ3v) is 2.77. The average molecular weight is 255 g/mol. The summed E-state index contributed by atoms with van der Waals surface area (Å²) < 4.78 is 0. The van der Waals surface area contributed by atoms with Crippen LogP contribution in [0.5, 0.6) is 0 Å². The molecule has 1 unspecified atom stereocenters. The number of carbonyl (C=O) groups is 2. The van der Waals surface area contributed by atoms with Crippen LogP contribution >= 0.6 is 11.3 Å². The zero-order valence-corrected chi connectivity index (χ0v) is 9.44. The van der Waals surface area contributed by atoms with Crippen LogP contribution in [0.25, 0.3) is 0 Å². The number of hydrogen-bond donors (Lipinski definition) is 2. The van der Waals surface area contributed by atoms with Crippen molar-refractivity contribution in [3.8, 4) is 0 Å². The van der Waals surface area contributed by atoms with Crippen molar-refractivity contribution in [2.45, 2.75) is 19.1 Å². The minimum Gasteiger partial charge on any atom is -0.477 e. The van der Waals surface area contributed by atoms with E-state index in [1.807, 2.05) is 5.38 Å². The van der Waals surface area contributed by atoms with Crippen molar-refractivity contribution >= 4 is 28.9 Å². The maximum atomic E-state index is 11.6. The molecular weight excluding hydrogens is 246 g/mol. The first-order valence-corrected chi connectivity index (χ1v) is 5.72. The zero-order valence-electron chi connectivity index (χ0n) is 8.62. The van der Waals surface area contributed by atoms with Crippen LogP contribution in [0.4, 0.5) is 0 Å². The smallest absolute Gasteiger partial charge is 0.353 e. The van der Waals surface area contributed by atoms with Crippen LogP contribution in [0, 0.1) is 0 Å². The quantitative estimate of drug-likeness (QED) is 0.788. The molecule has 1 aromatic heterocycles. The molecule has 0 saturated heterocycles. The molecule has 2 heterocycles. The molecule has 7 nitrogen and oxygen atoms in total. The minimum absolute atomic E-state index is 0.0156. The summed E-state index contributed by atoms with van der Waals surface area (Å²) in [5, 5.41) is 16.4. The molecule has 2 N–H and O–H groups in total. The molecule has 0 aromatic carbocycles. The predicted octanol–water partition coefficient (Wildman–Crippen LogP) is -0.0112. The fourth-order valence-electron chi connectivity index (χ4n) is 1.26. The van der Waals surface area contributed by atoms with E-state index in [2.05, 4.69) is 15.5 Å². The first kappa shape index (κ1) is 11.5. The van der Waals surface area contributed by atoms with E-state index in [0.29, 0.717) is 6.54 Å². The lowest BCUT2D eigenvalue weighted by Crippen LogP contribution is -2.34. The van der Waals surface area contributed by atoms with Crippen molar-refractivity contribution < 1.29 is 19.5 Å². The molecule has 1 aliphatic rings. The number of oxime groups is 1. The Balaban J connectivity index is 1.81. The number of thiazole rings is 1. The molecule has 1 atom stereocenters. The number of hydrogen-bond acceptors (Lipinski definition) is 6. The Morgan fingerprint density at radius 1 is 1.65 bits per heavy atom. The molecule has 2 rings (SSSR count). The second kappa shape index (κ2) is 4.91. The number of rotatable bonds is 4. The summed E-state index contributed by atoms with van der Waals surface area (Å²) in [5.41, 5.74) is 2.28. The lowest BCUT2D eigenvalue weighted by molar-refractivity contribution is -0.131. The number of aliphatic carboxylic acids is 1. The minimum atomic E-state index is -1.17. The van der Waals surface area contributed by atoms with Gasteiger partial charge in [0.15, 0.2) is 5.71 Å². The Labute approximate surface area is 100 Å². The fraction of sp³-hybridized carbons (Fsp3) is 0.333. The molecule has 8 heteroatoms. The largest absolute Gasteiger partial charge is 0.477 e. The van der Waals surface area contributed by atoms with Crippen LogP contribution < -0.4 is 5.32 Å². The van der Waals surface area contributed by atoms with Gasteiger partial charge in [-0.15, -0.1) is 11.3 Å². The second-order valence-electron chi connectivity index (χ2n) is 3.34. The van der Waals surface area contributed by atoms with E-state index in [0.717, 1.165) is 5.69 Å². The Kier molecular flexibility index (Phi) is 3.33. The number of nitrogens with zero attached hydrogens (tertiary/aromatic N) is 2. The molecule has 0 aliphatic carbocycles. The van der Waals surface area contributed by atoms with Crippen molar-refractivity contribution in [3.63, 3.8) is 0 Å². The SMILES string of the molecule is O=C(O)C1=NOC(C(=O)NCc2cscn2)C1. The van der Waals surface area contributed by atoms with Crippen LogP contribution in [0.15, 0.2) is 16.0 Å². The third-order valence-electron chi connectivity index (χ3n) is 2.14. The van der Waals surface area contributed by atoms with Gasteiger partial charge in [0.1, 0.15) is 0 Å². The maximum absolute atomic E-state index is 11.6. The number of carboxylic acid groups (broad SMARTS) is 1. The lowest BCUT2D eigenvalue weighted by atomic mass is 10.2. The Hall–Kier alpha value is -1.96. The van der Waals surface area contributed by atoms with Crippen LogP contribution in [-0.2, 0) is 21.0 Å². The van der Waals surface area contributed by atoms with Gasteiger partial charge in [-0.05, 0) is 0 Å². The number of aromatic nitrogens is 1. The van der Waals surface area contributed by atoms with Crippen LogP contribution in [0.1, 0.15) is 12.1 Å². The monoisotopic (exact) mass is 255 g/mol.